The first-order valence-electron chi connectivity index (χ1n) is 5.94. The Morgan fingerprint density at radius 3 is 2.75 bits per heavy atom. The predicted molar refractivity (Wildman–Crippen MR) is 69.8 cm³/mol. The zero-order chi connectivity index (χ0) is 14.5. The number of nitrogens with two attached hydrogens (primary N) is 1. The first-order valence-corrected chi connectivity index (χ1v) is 5.94. The summed E-state index contributed by atoms with van der Waals surface area (Å²) in [6.07, 6.45) is 5.35. The van der Waals surface area contributed by atoms with Gasteiger partial charge in [0.25, 0.3) is 0 Å². The molecule has 1 aromatic heterocycles. The van der Waals surface area contributed by atoms with Crippen molar-refractivity contribution in [1.29, 1.82) is 0 Å². The number of rotatable bonds is 4. The summed E-state index contributed by atoms with van der Waals surface area (Å²) in [4.78, 5) is 31.7. The number of carboxylic acid groups (broad SMARTS) is 1. The molecule has 1 aliphatic heterocycles. The zero-order valence-corrected chi connectivity index (χ0v) is 10.6. The van der Waals surface area contributed by atoms with Crippen LogP contribution in [0.4, 0.5) is 5.95 Å². The fourth-order valence-corrected chi connectivity index (χ4v) is 1.81. The lowest BCUT2D eigenvalue weighted by Gasteiger charge is -2.33. The normalized spacial score (nSPS) is 19.2. The van der Waals surface area contributed by atoms with E-state index in [0.29, 0.717) is 24.7 Å². The molecule has 1 aliphatic rings. The third kappa shape index (κ3) is 3.29. The number of anilines is 1. The van der Waals surface area contributed by atoms with Crippen LogP contribution >= 0.6 is 0 Å². The number of primary amides is 1. The topological polar surface area (TPSA) is 119 Å². The highest BCUT2D eigenvalue weighted by Crippen LogP contribution is 2.15. The van der Waals surface area contributed by atoms with E-state index < -0.39 is 17.9 Å². The Morgan fingerprint density at radius 1 is 1.45 bits per heavy atom. The SMILES string of the molecule is NC(=O)C1COCCN1c1ncc(/C=C/C(=O)O)cn1. The quantitative estimate of drug-likeness (QED) is 0.696. The highest BCUT2D eigenvalue weighted by Gasteiger charge is 2.29. The van der Waals surface area contributed by atoms with Gasteiger partial charge in [0.15, 0.2) is 0 Å². The van der Waals surface area contributed by atoms with Crippen molar-refractivity contribution in [2.24, 2.45) is 5.73 Å². The summed E-state index contributed by atoms with van der Waals surface area (Å²) >= 11 is 0. The van der Waals surface area contributed by atoms with Gasteiger partial charge in [-0.15, -0.1) is 0 Å². The number of aliphatic carboxylic acids is 1. The molecule has 8 heteroatoms. The van der Waals surface area contributed by atoms with Crippen molar-refractivity contribution in [2.45, 2.75) is 6.04 Å². The summed E-state index contributed by atoms with van der Waals surface area (Å²) in [5, 5.41) is 8.53. The van der Waals surface area contributed by atoms with E-state index in [9.17, 15) is 9.59 Å². The van der Waals surface area contributed by atoms with Crippen molar-refractivity contribution in [3.63, 3.8) is 0 Å². The predicted octanol–water partition coefficient (Wildman–Crippen LogP) is -0.735. The van der Waals surface area contributed by atoms with Crippen LogP contribution in [-0.4, -0.2) is 52.8 Å². The molecule has 2 heterocycles. The first kappa shape index (κ1) is 13.9. The molecule has 8 nitrogen and oxygen atoms in total. The second kappa shape index (κ2) is 6.11. The molecule has 1 unspecified atom stereocenters. The van der Waals surface area contributed by atoms with Crippen LogP contribution in [0.25, 0.3) is 6.08 Å². The Morgan fingerprint density at radius 2 is 2.15 bits per heavy atom. The lowest BCUT2D eigenvalue weighted by molar-refractivity contribution is -0.131. The largest absolute Gasteiger partial charge is 0.478 e. The van der Waals surface area contributed by atoms with Gasteiger partial charge in [-0.3, -0.25) is 4.79 Å². The summed E-state index contributed by atoms with van der Waals surface area (Å²) in [7, 11) is 0. The summed E-state index contributed by atoms with van der Waals surface area (Å²) in [6.45, 7) is 1.14. The minimum atomic E-state index is -1.05. The molecule has 1 atom stereocenters. The molecule has 1 fully saturated rings. The second-order valence-electron chi connectivity index (χ2n) is 4.17. The number of hydrogen-bond acceptors (Lipinski definition) is 6. The van der Waals surface area contributed by atoms with Gasteiger partial charge in [0.05, 0.1) is 13.2 Å². The first-order chi connectivity index (χ1) is 9.58. The Hall–Kier alpha value is -2.48. The number of carbonyl (C=O) groups excluding carboxylic acids is 1. The van der Waals surface area contributed by atoms with Crippen LogP contribution in [0.15, 0.2) is 18.5 Å². The molecule has 0 radical (unpaired) electrons. The minimum Gasteiger partial charge on any atom is -0.478 e. The number of carbonyl (C=O) groups is 2. The molecule has 20 heavy (non-hydrogen) atoms. The van der Waals surface area contributed by atoms with Crippen molar-refractivity contribution < 1.29 is 19.4 Å². The molecule has 0 aromatic carbocycles. The maximum absolute atomic E-state index is 11.4. The van der Waals surface area contributed by atoms with E-state index in [1.165, 1.54) is 18.5 Å². The van der Waals surface area contributed by atoms with Gasteiger partial charge in [0.2, 0.25) is 11.9 Å². The van der Waals surface area contributed by atoms with Crippen molar-refractivity contribution in [1.82, 2.24) is 9.97 Å². The van der Waals surface area contributed by atoms with Crippen LogP contribution in [0.2, 0.25) is 0 Å². The molecular formula is C12H14N4O4. The lowest BCUT2D eigenvalue weighted by atomic mass is 10.2. The van der Waals surface area contributed by atoms with Crippen LogP contribution < -0.4 is 10.6 Å². The monoisotopic (exact) mass is 278 g/mol. The minimum absolute atomic E-state index is 0.208. The van der Waals surface area contributed by atoms with E-state index in [1.807, 2.05) is 0 Å². The number of carboxylic acids is 1. The second-order valence-corrected chi connectivity index (χ2v) is 4.17. The van der Waals surface area contributed by atoms with Gasteiger partial charge in [0.1, 0.15) is 6.04 Å². The summed E-state index contributed by atoms with van der Waals surface area (Å²) in [6, 6.07) is -0.593. The van der Waals surface area contributed by atoms with Crippen molar-refractivity contribution >= 4 is 23.9 Å². The van der Waals surface area contributed by atoms with Crippen molar-refractivity contribution in [3.05, 3.63) is 24.0 Å². The average Bonchev–Trinajstić information content (AvgIpc) is 2.45. The van der Waals surface area contributed by atoms with Gasteiger partial charge >= 0.3 is 5.97 Å². The van der Waals surface area contributed by atoms with E-state index in [4.69, 9.17) is 15.6 Å². The molecule has 106 valence electrons. The van der Waals surface area contributed by atoms with Gasteiger partial charge in [0, 0.05) is 30.6 Å². The summed E-state index contributed by atoms with van der Waals surface area (Å²) in [5.41, 5.74) is 5.87. The lowest BCUT2D eigenvalue weighted by Crippen LogP contribution is -2.53. The molecule has 0 bridgehead atoms. The Bertz CT molecular complexity index is 529. The average molecular weight is 278 g/mol. The highest BCUT2D eigenvalue weighted by atomic mass is 16.5. The molecule has 2 rings (SSSR count). The Balaban J connectivity index is 2.15. The van der Waals surface area contributed by atoms with Crippen molar-refractivity contribution in [2.75, 3.05) is 24.7 Å². The number of hydrogen-bond donors (Lipinski definition) is 2. The fourth-order valence-electron chi connectivity index (χ4n) is 1.81. The maximum atomic E-state index is 11.4. The fraction of sp³-hybridized carbons (Fsp3) is 0.333. The molecule has 1 amide bonds. The number of aromatic nitrogens is 2. The molecule has 0 aliphatic carbocycles. The van der Waals surface area contributed by atoms with E-state index in [1.54, 1.807) is 4.90 Å². The smallest absolute Gasteiger partial charge is 0.328 e. The zero-order valence-electron chi connectivity index (χ0n) is 10.6. The summed E-state index contributed by atoms with van der Waals surface area (Å²) in [5.74, 6) is -1.18. The number of morpholine rings is 1. The number of amides is 1. The van der Waals surface area contributed by atoms with Crippen LogP contribution in [0.5, 0.6) is 0 Å². The third-order valence-corrected chi connectivity index (χ3v) is 2.79. The van der Waals surface area contributed by atoms with Gasteiger partial charge in [-0.25, -0.2) is 14.8 Å². The molecular weight excluding hydrogens is 264 g/mol. The maximum Gasteiger partial charge on any atom is 0.328 e. The molecule has 1 aromatic rings. The van der Waals surface area contributed by atoms with E-state index in [-0.39, 0.29) is 6.61 Å². The molecule has 3 N–H and O–H groups in total. The third-order valence-electron chi connectivity index (χ3n) is 2.79. The van der Waals surface area contributed by atoms with E-state index >= 15 is 0 Å². The number of ether oxygens (including phenoxy) is 1. The van der Waals surface area contributed by atoms with Crippen LogP contribution in [0.3, 0.4) is 0 Å². The van der Waals surface area contributed by atoms with Crippen LogP contribution in [0, 0.1) is 0 Å². The van der Waals surface area contributed by atoms with Gasteiger partial charge in [-0.05, 0) is 6.08 Å². The van der Waals surface area contributed by atoms with Crippen LogP contribution in [-0.2, 0) is 14.3 Å². The Kier molecular flexibility index (Phi) is 4.26. The van der Waals surface area contributed by atoms with E-state index in [2.05, 4.69) is 9.97 Å². The Labute approximate surface area is 114 Å². The highest BCUT2D eigenvalue weighted by molar-refractivity contribution is 5.85. The standard InChI is InChI=1S/C12H14N4O4/c13-11(19)9-7-20-4-3-16(9)12-14-5-8(6-15-12)1-2-10(17)18/h1-2,5-6,9H,3-4,7H2,(H2,13,19)(H,17,18)/b2-1+. The van der Waals surface area contributed by atoms with E-state index in [0.717, 1.165) is 6.08 Å². The van der Waals surface area contributed by atoms with Crippen LogP contribution in [0.1, 0.15) is 5.56 Å². The number of nitrogens with zero attached hydrogens (tertiary/aromatic N) is 3. The van der Waals surface area contributed by atoms with Gasteiger partial charge in [-0.1, -0.05) is 0 Å². The molecule has 0 saturated carbocycles. The van der Waals surface area contributed by atoms with Crippen molar-refractivity contribution in [3.8, 4) is 0 Å². The van der Waals surface area contributed by atoms with Gasteiger partial charge < -0.3 is 20.5 Å². The van der Waals surface area contributed by atoms with Gasteiger partial charge in [-0.2, -0.15) is 0 Å². The summed E-state index contributed by atoms with van der Waals surface area (Å²) < 4.78 is 5.21. The molecule has 1 saturated heterocycles. The molecule has 0 spiro atoms.